The molecule has 2 N–H and O–H groups in total. The van der Waals surface area contributed by atoms with Gasteiger partial charge in [0.25, 0.3) is 0 Å². The van der Waals surface area contributed by atoms with Crippen LogP contribution in [0.15, 0.2) is 73.3 Å². The summed E-state index contributed by atoms with van der Waals surface area (Å²) in [6.07, 6.45) is 8.62. The third kappa shape index (κ3) is 5.79. The van der Waals surface area contributed by atoms with Gasteiger partial charge in [-0.3, -0.25) is 0 Å². The number of aryl methyl sites for hydroxylation is 2. The van der Waals surface area contributed by atoms with Crippen molar-refractivity contribution in [2.75, 3.05) is 20.3 Å². The Balaban J connectivity index is 1.52. The number of hydrogen-bond donors (Lipinski definition) is 2. The second-order valence-electron chi connectivity index (χ2n) is 6.42. The third-order valence-corrected chi connectivity index (χ3v) is 4.39. The maximum Gasteiger partial charge on any atom is 0.122 e. The van der Waals surface area contributed by atoms with Crippen LogP contribution in [0.25, 0.3) is 0 Å². The molecule has 0 amide bonds. The highest BCUT2D eigenvalue weighted by Crippen LogP contribution is 2.21. The molecular weight excluding hydrogens is 340 g/mol. The van der Waals surface area contributed by atoms with E-state index in [-0.39, 0.29) is 6.61 Å². The van der Waals surface area contributed by atoms with Gasteiger partial charge in [0.15, 0.2) is 0 Å². The van der Waals surface area contributed by atoms with Crippen LogP contribution >= 0.6 is 0 Å². The van der Waals surface area contributed by atoms with Crippen molar-refractivity contribution >= 4 is 0 Å². The number of rotatable bonds is 9. The number of benzene rings is 2. The van der Waals surface area contributed by atoms with E-state index in [0.717, 1.165) is 29.9 Å². The van der Waals surface area contributed by atoms with E-state index < -0.39 is 6.10 Å². The quantitative estimate of drug-likeness (QED) is 0.714. The number of β-amino-alcohol motifs (C(OH)–C–C–N with tert-alkyl or cyclic N) is 1. The Morgan fingerprint density at radius 3 is 2.48 bits per heavy atom. The molecular formula is C22H26N2O3. The SMILES string of the molecule is COc1ccc(CCc2ccccc2OCC(O)CN2C=CNC=C2)cc1. The highest BCUT2D eigenvalue weighted by atomic mass is 16.5. The topological polar surface area (TPSA) is 54.0 Å². The molecule has 0 bridgehead atoms. The third-order valence-electron chi connectivity index (χ3n) is 4.39. The number of ether oxygens (including phenoxy) is 2. The van der Waals surface area contributed by atoms with Gasteiger partial charge in [-0.15, -0.1) is 0 Å². The lowest BCUT2D eigenvalue weighted by Crippen LogP contribution is -2.31. The molecule has 0 fully saturated rings. The summed E-state index contributed by atoms with van der Waals surface area (Å²) in [6.45, 7) is 0.744. The number of hydrogen-bond acceptors (Lipinski definition) is 5. The molecule has 0 saturated carbocycles. The molecule has 0 aliphatic carbocycles. The Labute approximate surface area is 160 Å². The molecule has 0 aromatic heterocycles. The van der Waals surface area contributed by atoms with Gasteiger partial charge in [-0.1, -0.05) is 30.3 Å². The fraction of sp³-hybridized carbons (Fsp3) is 0.273. The van der Waals surface area contributed by atoms with Gasteiger partial charge >= 0.3 is 0 Å². The standard InChI is InChI=1S/C22H26N2O3/c1-26-21-10-7-18(8-11-21)6-9-19-4-2-3-5-22(19)27-17-20(25)16-24-14-12-23-13-15-24/h2-5,7-8,10-15,20,23,25H,6,9,16-17H2,1H3. The van der Waals surface area contributed by atoms with Crippen LogP contribution in [-0.4, -0.2) is 36.4 Å². The van der Waals surface area contributed by atoms with Crippen molar-refractivity contribution in [1.29, 1.82) is 0 Å². The van der Waals surface area contributed by atoms with Crippen molar-refractivity contribution in [2.45, 2.75) is 18.9 Å². The first kappa shape index (κ1) is 18.9. The fourth-order valence-electron chi connectivity index (χ4n) is 2.91. The average molecular weight is 366 g/mol. The van der Waals surface area contributed by atoms with E-state index >= 15 is 0 Å². The first-order valence-electron chi connectivity index (χ1n) is 9.11. The van der Waals surface area contributed by atoms with E-state index in [1.165, 1.54) is 5.56 Å². The summed E-state index contributed by atoms with van der Waals surface area (Å²) in [5.74, 6) is 1.70. The highest BCUT2D eigenvalue weighted by Gasteiger charge is 2.11. The molecule has 1 heterocycles. The van der Waals surface area contributed by atoms with Gasteiger partial charge in [0.05, 0.1) is 13.7 Å². The van der Waals surface area contributed by atoms with Crippen LogP contribution in [0.5, 0.6) is 11.5 Å². The maximum absolute atomic E-state index is 10.2. The molecule has 142 valence electrons. The van der Waals surface area contributed by atoms with Crippen LogP contribution in [0.3, 0.4) is 0 Å². The molecule has 2 aromatic rings. The summed E-state index contributed by atoms with van der Waals surface area (Å²) in [5, 5.41) is 13.2. The van der Waals surface area contributed by atoms with Crippen LogP contribution in [-0.2, 0) is 12.8 Å². The molecule has 0 radical (unpaired) electrons. The molecule has 1 unspecified atom stereocenters. The van der Waals surface area contributed by atoms with E-state index in [4.69, 9.17) is 9.47 Å². The van der Waals surface area contributed by atoms with Crippen LogP contribution < -0.4 is 14.8 Å². The van der Waals surface area contributed by atoms with E-state index in [1.54, 1.807) is 7.11 Å². The summed E-state index contributed by atoms with van der Waals surface area (Å²) in [5.41, 5.74) is 2.39. The van der Waals surface area contributed by atoms with Crippen molar-refractivity contribution in [2.24, 2.45) is 0 Å². The minimum Gasteiger partial charge on any atom is -0.497 e. The number of methoxy groups -OCH3 is 1. The predicted molar refractivity (Wildman–Crippen MR) is 106 cm³/mol. The second kappa shape index (κ2) is 9.69. The Kier molecular flexibility index (Phi) is 6.77. The Morgan fingerprint density at radius 2 is 1.74 bits per heavy atom. The average Bonchev–Trinajstić information content (AvgIpc) is 2.72. The van der Waals surface area contributed by atoms with Gasteiger partial charge < -0.3 is 24.8 Å². The van der Waals surface area contributed by atoms with Gasteiger partial charge in [0.2, 0.25) is 0 Å². The van der Waals surface area contributed by atoms with Gasteiger partial charge in [0.1, 0.15) is 24.2 Å². The van der Waals surface area contributed by atoms with E-state index in [1.807, 2.05) is 60.0 Å². The summed E-state index contributed by atoms with van der Waals surface area (Å²) >= 11 is 0. The first-order chi connectivity index (χ1) is 13.2. The predicted octanol–water partition coefficient (Wildman–Crippen LogP) is 3.07. The molecule has 27 heavy (non-hydrogen) atoms. The van der Waals surface area contributed by atoms with Crippen molar-refractivity contribution in [1.82, 2.24) is 10.2 Å². The highest BCUT2D eigenvalue weighted by molar-refractivity contribution is 5.35. The molecule has 1 aliphatic heterocycles. The number of nitrogens with one attached hydrogen (secondary N) is 1. The zero-order valence-corrected chi connectivity index (χ0v) is 15.5. The number of para-hydroxylation sites is 1. The largest absolute Gasteiger partial charge is 0.497 e. The molecule has 5 nitrogen and oxygen atoms in total. The molecule has 1 atom stereocenters. The lowest BCUT2D eigenvalue weighted by atomic mass is 10.0. The van der Waals surface area contributed by atoms with Crippen molar-refractivity contribution in [3.8, 4) is 11.5 Å². The number of aliphatic hydroxyl groups excluding tert-OH is 1. The normalized spacial score (nSPS) is 13.9. The molecule has 3 rings (SSSR count). The van der Waals surface area contributed by atoms with Gasteiger partial charge in [-0.25, -0.2) is 0 Å². The monoisotopic (exact) mass is 366 g/mol. The summed E-state index contributed by atoms with van der Waals surface area (Å²) in [7, 11) is 1.67. The van der Waals surface area contributed by atoms with Crippen molar-refractivity contribution < 1.29 is 14.6 Å². The lowest BCUT2D eigenvalue weighted by Gasteiger charge is -2.22. The van der Waals surface area contributed by atoms with Crippen molar-refractivity contribution in [3.63, 3.8) is 0 Å². The zero-order chi connectivity index (χ0) is 18.9. The lowest BCUT2D eigenvalue weighted by molar-refractivity contribution is 0.0904. The summed E-state index contributed by atoms with van der Waals surface area (Å²) in [4.78, 5) is 1.92. The van der Waals surface area contributed by atoms with Crippen LogP contribution in [0.2, 0.25) is 0 Å². The van der Waals surface area contributed by atoms with E-state index in [0.29, 0.717) is 6.54 Å². The smallest absolute Gasteiger partial charge is 0.122 e. The van der Waals surface area contributed by atoms with Gasteiger partial charge in [-0.05, 0) is 42.2 Å². The molecule has 0 spiro atoms. The number of nitrogens with zero attached hydrogens (tertiary/aromatic N) is 1. The van der Waals surface area contributed by atoms with E-state index in [2.05, 4.69) is 23.5 Å². The van der Waals surface area contributed by atoms with Crippen molar-refractivity contribution in [3.05, 3.63) is 84.5 Å². The van der Waals surface area contributed by atoms with Gasteiger partial charge in [0, 0.05) is 24.8 Å². The number of aliphatic hydroxyl groups is 1. The maximum atomic E-state index is 10.2. The minimum absolute atomic E-state index is 0.255. The second-order valence-corrected chi connectivity index (χ2v) is 6.42. The summed E-state index contributed by atoms with van der Waals surface area (Å²) in [6, 6.07) is 16.1. The molecule has 5 heteroatoms. The first-order valence-corrected chi connectivity index (χ1v) is 9.11. The van der Waals surface area contributed by atoms with Crippen LogP contribution in [0.1, 0.15) is 11.1 Å². The van der Waals surface area contributed by atoms with E-state index in [9.17, 15) is 5.11 Å². The van der Waals surface area contributed by atoms with Crippen LogP contribution in [0.4, 0.5) is 0 Å². The Bertz CT molecular complexity index is 759. The summed E-state index contributed by atoms with van der Waals surface area (Å²) < 4.78 is 11.1. The van der Waals surface area contributed by atoms with Gasteiger partial charge in [-0.2, -0.15) is 0 Å². The molecule has 1 aliphatic rings. The Hall–Kier alpha value is -2.92. The molecule has 2 aromatic carbocycles. The molecule has 0 saturated heterocycles. The minimum atomic E-state index is -0.577. The fourth-order valence-corrected chi connectivity index (χ4v) is 2.91. The Morgan fingerprint density at radius 1 is 1.00 bits per heavy atom. The zero-order valence-electron chi connectivity index (χ0n) is 15.5. The van der Waals surface area contributed by atoms with Crippen LogP contribution in [0, 0.1) is 0 Å².